The molecule has 0 aromatic heterocycles. The molecule has 0 aliphatic carbocycles. The van der Waals surface area contributed by atoms with Crippen LogP contribution in [-0.4, -0.2) is 51.8 Å². The summed E-state index contributed by atoms with van der Waals surface area (Å²) in [5, 5.41) is 3.85. The summed E-state index contributed by atoms with van der Waals surface area (Å²) in [6.07, 6.45) is 0. The van der Waals surface area contributed by atoms with Crippen molar-refractivity contribution in [3.05, 3.63) is 58.1 Å². The average molecular weight is 424 g/mol. The number of benzene rings is 2. The third-order valence-electron chi connectivity index (χ3n) is 5.09. The Hall–Kier alpha value is -1.79. The van der Waals surface area contributed by atoms with E-state index in [9.17, 15) is 4.79 Å². The molecule has 1 fully saturated rings. The molecule has 5 nitrogen and oxygen atoms in total. The first-order valence-corrected chi connectivity index (χ1v) is 10.4. The van der Waals surface area contributed by atoms with Gasteiger partial charge < -0.3 is 19.9 Å². The Morgan fingerprint density at radius 2 is 1.71 bits per heavy atom. The molecule has 3 N–H and O–H groups in total. The van der Waals surface area contributed by atoms with Crippen molar-refractivity contribution in [2.75, 3.05) is 51.2 Å². The summed E-state index contributed by atoms with van der Waals surface area (Å²) < 4.78 is 5.78. The number of anilines is 1. The van der Waals surface area contributed by atoms with Gasteiger partial charge in [-0.05, 0) is 30.7 Å². The first-order chi connectivity index (χ1) is 13.5. The number of carbonyl (C=O) groups excluding carboxylic acids is 1. The lowest BCUT2D eigenvalue weighted by Crippen LogP contribution is -3.28. The van der Waals surface area contributed by atoms with Crippen molar-refractivity contribution in [2.45, 2.75) is 6.92 Å². The van der Waals surface area contributed by atoms with Crippen molar-refractivity contribution >= 4 is 34.8 Å². The van der Waals surface area contributed by atoms with Crippen LogP contribution in [0.2, 0.25) is 10.0 Å². The van der Waals surface area contributed by atoms with Gasteiger partial charge >= 0.3 is 0 Å². The number of halogens is 2. The maximum absolute atomic E-state index is 12.4. The number of amides is 1. The number of hydrogen-bond acceptors (Lipinski definition) is 2. The molecule has 0 unspecified atom stereocenters. The topological polar surface area (TPSA) is 47.2 Å². The van der Waals surface area contributed by atoms with Crippen LogP contribution in [0.5, 0.6) is 5.75 Å². The molecule has 2 aromatic rings. The Balaban J connectivity index is 1.39. The van der Waals surface area contributed by atoms with Crippen LogP contribution in [0.1, 0.15) is 5.56 Å². The zero-order valence-electron chi connectivity index (χ0n) is 16.1. The molecule has 1 amide bonds. The van der Waals surface area contributed by atoms with Gasteiger partial charge in [0.15, 0.2) is 6.54 Å². The summed E-state index contributed by atoms with van der Waals surface area (Å²) in [4.78, 5) is 15.2. The van der Waals surface area contributed by atoms with Gasteiger partial charge in [0.05, 0.1) is 15.7 Å². The largest absolute Gasteiger partial charge is 0.488 e. The van der Waals surface area contributed by atoms with Crippen LogP contribution in [0, 0.1) is 6.92 Å². The Morgan fingerprint density at radius 3 is 2.43 bits per heavy atom. The molecule has 1 saturated heterocycles. The zero-order valence-corrected chi connectivity index (χ0v) is 17.6. The highest BCUT2D eigenvalue weighted by Gasteiger charge is 2.25. The van der Waals surface area contributed by atoms with Crippen molar-refractivity contribution in [2.24, 2.45) is 0 Å². The molecule has 2 aromatic carbocycles. The van der Waals surface area contributed by atoms with E-state index in [0.29, 0.717) is 28.9 Å². The average Bonchev–Trinajstić information content (AvgIpc) is 2.70. The minimum Gasteiger partial charge on any atom is -0.488 e. The smallest absolute Gasteiger partial charge is 0.279 e. The van der Waals surface area contributed by atoms with E-state index in [0.717, 1.165) is 44.0 Å². The second kappa shape index (κ2) is 10.1. The highest BCUT2D eigenvalue weighted by Crippen LogP contribution is 2.32. The Kier molecular flexibility index (Phi) is 7.57. The monoisotopic (exact) mass is 423 g/mol. The third kappa shape index (κ3) is 5.85. The molecular weight excluding hydrogens is 397 g/mol. The van der Waals surface area contributed by atoms with Gasteiger partial charge in [-0.15, -0.1) is 0 Å². The number of aryl methyl sites for hydroxylation is 1. The van der Waals surface area contributed by atoms with E-state index in [1.54, 1.807) is 6.07 Å². The van der Waals surface area contributed by atoms with Gasteiger partial charge in [0.1, 0.15) is 45.1 Å². The summed E-state index contributed by atoms with van der Waals surface area (Å²) in [5.74, 6) is 0.858. The van der Waals surface area contributed by atoms with Crippen LogP contribution < -0.4 is 19.9 Å². The van der Waals surface area contributed by atoms with E-state index in [1.807, 2.05) is 43.3 Å². The molecule has 3 rings (SSSR count). The number of piperazine rings is 1. The van der Waals surface area contributed by atoms with Crippen LogP contribution in [-0.2, 0) is 4.79 Å². The second-order valence-corrected chi connectivity index (χ2v) is 7.97. The summed E-state index contributed by atoms with van der Waals surface area (Å²) >= 11 is 12.5. The molecule has 0 spiro atoms. The van der Waals surface area contributed by atoms with E-state index < -0.39 is 0 Å². The Labute approximate surface area is 176 Å². The standard InChI is InChI=1S/C21H25Cl2N3O2/c1-16-7-8-18(22)21(20(16)23)24-19(27)15-26-11-9-25(10-12-26)13-14-28-17-5-3-2-4-6-17/h2-8H,9-15H2,1H3,(H,24,27)/p+2. The highest BCUT2D eigenvalue weighted by molar-refractivity contribution is 6.40. The maximum Gasteiger partial charge on any atom is 0.279 e. The van der Waals surface area contributed by atoms with Crippen LogP contribution in [0.4, 0.5) is 5.69 Å². The molecule has 28 heavy (non-hydrogen) atoms. The number of nitrogens with one attached hydrogen (secondary N) is 3. The van der Waals surface area contributed by atoms with Crippen LogP contribution >= 0.6 is 23.2 Å². The van der Waals surface area contributed by atoms with Gasteiger partial charge in [-0.1, -0.05) is 47.5 Å². The van der Waals surface area contributed by atoms with Crippen LogP contribution in [0.15, 0.2) is 42.5 Å². The van der Waals surface area contributed by atoms with Gasteiger partial charge in [0, 0.05) is 0 Å². The molecule has 150 valence electrons. The molecule has 1 aliphatic heterocycles. The van der Waals surface area contributed by atoms with E-state index in [1.165, 1.54) is 9.80 Å². The third-order valence-corrected chi connectivity index (χ3v) is 5.89. The Morgan fingerprint density at radius 1 is 1.04 bits per heavy atom. The lowest BCUT2D eigenvalue weighted by atomic mass is 10.2. The van der Waals surface area contributed by atoms with Gasteiger partial charge in [-0.2, -0.15) is 0 Å². The summed E-state index contributed by atoms with van der Waals surface area (Å²) in [6, 6.07) is 13.5. The second-order valence-electron chi connectivity index (χ2n) is 7.19. The molecule has 0 radical (unpaired) electrons. The van der Waals surface area contributed by atoms with Crippen LogP contribution in [0.3, 0.4) is 0 Å². The van der Waals surface area contributed by atoms with Crippen molar-refractivity contribution in [1.82, 2.24) is 0 Å². The first-order valence-electron chi connectivity index (χ1n) is 9.62. The lowest BCUT2D eigenvalue weighted by Gasteiger charge is -2.29. The van der Waals surface area contributed by atoms with Gasteiger partial charge in [0.2, 0.25) is 0 Å². The minimum absolute atomic E-state index is 0.0553. The highest BCUT2D eigenvalue weighted by atomic mass is 35.5. The first kappa shape index (κ1) is 20.9. The SMILES string of the molecule is Cc1ccc(Cl)c(NC(=O)C[NH+]2CC[NH+](CCOc3ccccc3)CC2)c1Cl. The summed E-state index contributed by atoms with van der Waals surface area (Å²) in [6.45, 7) is 7.99. The fraction of sp³-hybridized carbons (Fsp3) is 0.381. The summed E-state index contributed by atoms with van der Waals surface area (Å²) in [7, 11) is 0. The fourth-order valence-electron chi connectivity index (χ4n) is 3.40. The summed E-state index contributed by atoms with van der Waals surface area (Å²) in [5.41, 5.74) is 1.40. The number of quaternary nitrogens is 2. The molecule has 1 heterocycles. The predicted octanol–water partition coefficient (Wildman–Crippen LogP) is 1.10. The lowest BCUT2D eigenvalue weighted by molar-refractivity contribution is -1.01. The zero-order chi connectivity index (χ0) is 19.9. The molecule has 0 bridgehead atoms. The number of para-hydroxylation sites is 1. The molecule has 0 atom stereocenters. The van der Waals surface area contributed by atoms with Crippen molar-refractivity contribution < 1.29 is 19.3 Å². The van der Waals surface area contributed by atoms with Gasteiger partial charge in [-0.25, -0.2) is 0 Å². The van der Waals surface area contributed by atoms with Gasteiger partial charge in [0.25, 0.3) is 5.91 Å². The minimum atomic E-state index is -0.0553. The molecular formula is C21H27Cl2N3O2+2. The fourth-order valence-corrected chi connectivity index (χ4v) is 3.86. The van der Waals surface area contributed by atoms with E-state index in [-0.39, 0.29) is 5.91 Å². The normalized spacial score (nSPS) is 19.2. The van der Waals surface area contributed by atoms with Crippen molar-refractivity contribution in [3.63, 3.8) is 0 Å². The molecule has 7 heteroatoms. The van der Waals surface area contributed by atoms with Crippen molar-refractivity contribution in [3.8, 4) is 5.75 Å². The van der Waals surface area contributed by atoms with E-state index in [2.05, 4.69) is 5.32 Å². The number of ether oxygens (including phenoxy) is 1. The predicted molar refractivity (Wildman–Crippen MR) is 113 cm³/mol. The number of rotatable bonds is 7. The van der Waals surface area contributed by atoms with Crippen LogP contribution in [0.25, 0.3) is 0 Å². The maximum atomic E-state index is 12.4. The Bertz CT molecular complexity index is 794. The molecule has 0 saturated carbocycles. The van der Waals surface area contributed by atoms with Crippen molar-refractivity contribution in [1.29, 1.82) is 0 Å². The van der Waals surface area contributed by atoms with E-state index in [4.69, 9.17) is 27.9 Å². The van der Waals surface area contributed by atoms with E-state index >= 15 is 0 Å². The number of carbonyl (C=O) groups is 1. The van der Waals surface area contributed by atoms with Gasteiger partial charge in [-0.3, -0.25) is 4.79 Å². The number of hydrogen-bond donors (Lipinski definition) is 3. The molecule has 1 aliphatic rings. The quantitative estimate of drug-likeness (QED) is 0.624.